The molecular formula is C17H13BrO3. The van der Waals surface area contributed by atoms with Crippen LogP contribution in [0.15, 0.2) is 57.4 Å². The number of carbonyl (C=O) groups excluding carboxylic acids is 1. The minimum atomic E-state index is -0.175. The molecule has 1 heterocycles. The number of ketones is 1. The Bertz CT molecular complexity index is 772. The van der Waals surface area contributed by atoms with Crippen LogP contribution < -0.4 is 4.74 Å². The summed E-state index contributed by atoms with van der Waals surface area (Å²) < 4.78 is 12.0. The number of hydrogen-bond acceptors (Lipinski definition) is 3. The molecule has 3 aromatic rings. The number of aryl methyl sites for hydroxylation is 1. The molecule has 0 unspecified atom stereocenters. The number of benzene rings is 2. The molecule has 106 valence electrons. The lowest BCUT2D eigenvalue weighted by molar-refractivity contribution is 0.0895. The molecule has 21 heavy (non-hydrogen) atoms. The summed E-state index contributed by atoms with van der Waals surface area (Å²) in [6.45, 7) is 1.89. The van der Waals surface area contributed by atoms with Gasteiger partial charge in [0.2, 0.25) is 5.78 Å². The number of rotatable bonds is 4. The Balaban J connectivity index is 1.75. The summed E-state index contributed by atoms with van der Waals surface area (Å²) in [6.07, 6.45) is 0. The molecule has 0 aliphatic carbocycles. The van der Waals surface area contributed by atoms with Crippen LogP contribution in [-0.2, 0) is 0 Å². The van der Waals surface area contributed by atoms with Gasteiger partial charge in [-0.15, -0.1) is 0 Å². The van der Waals surface area contributed by atoms with Gasteiger partial charge in [0.25, 0.3) is 0 Å². The first-order chi connectivity index (χ1) is 10.1. The van der Waals surface area contributed by atoms with Gasteiger partial charge in [0.05, 0.1) is 0 Å². The number of hydrogen-bond donors (Lipinski definition) is 0. The van der Waals surface area contributed by atoms with Crippen molar-refractivity contribution in [2.75, 3.05) is 6.61 Å². The molecule has 0 atom stereocenters. The Kier molecular flexibility index (Phi) is 3.80. The number of para-hydroxylation sites is 1. The van der Waals surface area contributed by atoms with Crippen LogP contribution in [0.25, 0.3) is 11.0 Å². The second-order valence-corrected chi connectivity index (χ2v) is 5.69. The summed E-state index contributed by atoms with van der Waals surface area (Å²) in [5, 5.41) is 0.916. The van der Waals surface area contributed by atoms with Crippen molar-refractivity contribution in [1.82, 2.24) is 0 Å². The van der Waals surface area contributed by atoms with E-state index in [1.165, 1.54) is 0 Å². The number of furan rings is 1. The molecule has 0 fully saturated rings. The molecular weight excluding hydrogens is 332 g/mol. The summed E-state index contributed by atoms with van der Waals surface area (Å²) >= 11 is 3.39. The lowest BCUT2D eigenvalue weighted by Gasteiger charge is -2.07. The summed E-state index contributed by atoms with van der Waals surface area (Å²) in [5.41, 5.74) is 1.69. The fourth-order valence-corrected chi connectivity index (χ4v) is 2.40. The van der Waals surface area contributed by atoms with Crippen molar-refractivity contribution in [1.29, 1.82) is 0 Å². The molecule has 0 saturated carbocycles. The van der Waals surface area contributed by atoms with Crippen molar-refractivity contribution in [3.8, 4) is 5.75 Å². The van der Waals surface area contributed by atoms with E-state index in [4.69, 9.17) is 9.15 Å². The summed E-state index contributed by atoms with van der Waals surface area (Å²) in [6, 6.07) is 15.0. The third kappa shape index (κ3) is 3.00. The van der Waals surface area contributed by atoms with Crippen LogP contribution in [0.2, 0.25) is 0 Å². The average Bonchev–Trinajstić information content (AvgIpc) is 2.92. The normalized spacial score (nSPS) is 10.8. The third-order valence-electron chi connectivity index (χ3n) is 3.21. The Hall–Kier alpha value is -2.07. The molecule has 2 aromatic carbocycles. The van der Waals surface area contributed by atoms with Crippen LogP contribution in [0.4, 0.5) is 0 Å². The van der Waals surface area contributed by atoms with Gasteiger partial charge in [-0.1, -0.05) is 40.2 Å². The number of halogens is 1. The van der Waals surface area contributed by atoms with Gasteiger partial charge in [0.15, 0.2) is 12.4 Å². The number of ether oxygens (including phenoxy) is 1. The van der Waals surface area contributed by atoms with Crippen molar-refractivity contribution < 1.29 is 13.9 Å². The monoisotopic (exact) mass is 344 g/mol. The standard InChI is InChI=1S/C17H13BrO3/c1-11-6-7-13(18)9-16(11)20-10-14(19)17-8-12-4-2-3-5-15(12)21-17/h2-9H,10H2,1H3. The maximum absolute atomic E-state index is 12.2. The molecule has 0 N–H and O–H groups in total. The molecule has 0 saturated heterocycles. The van der Waals surface area contributed by atoms with E-state index in [1.807, 2.05) is 49.4 Å². The molecule has 0 aliphatic heterocycles. The zero-order valence-electron chi connectivity index (χ0n) is 11.4. The van der Waals surface area contributed by atoms with E-state index < -0.39 is 0 Å². The predicted molar refractivity (Wildman–Crippen MR) is 84.9 cm³/mol. The highest BCUT2D eigenvalue weighted by molar-refractivity contribution is 9.10. The molecule has 0 spiro atoms. The molecule has 4 heteroatoms. The van der Waals surface area contributed by atoms with E-state index >= 15 is 0 Å². The van der Waals surface area contributed by atoms with Crippen LogP contribution in [0, 0.1) is 6.92 Å². The molecule has 3 rings (SSSR count). The van der Waals surface area contributed by atoms with Crippen molar-refractivity contribution in [2.24, 2.45) is 0 Å². The Morgan fingerprint density at radius 1 is 1.19 bits per heavy atom. The van der Waals surface area contributed by atoms with Gasteiger partial charge in [0.1, 0.15) is 11.3 Å². The highest BCUT2D eigenvalue weighted by Crippen LogP contribution is 2.24. The lowest BCUT2D eigenvalue weighted by atomic mass is 10.2. The summed E-state index contributed by atoms with van der Waals surface area (Å²) in [7, 11) is 0. The van der Waals surface area contributed by atoms with Gasteiger partial charge in [-0.05, 0) is 36.8 Å². The van der Waals surface area contributed by atoms with Crippen molar-refractivity contribution in [2.45, 2.75) is 6.92 Å². The highest BCUT2D eigenvalue weighted by atomic mass is 79.9. The van der Waals surface area contributed by atoms with Crippen molar-refractivity contribution in [3.05, 3.63) is 64.3 Å². The minimum Gasteiger partial charge on any atom is -0.485 e. The quantitative estimate of drug-likeness (QED) is 0.640. The van der Waals surface area contributed by atoms with Crippen molar-refractivity contribution in [3.63, 3.8) is 0 Å². The van der Waals surface area contributed by atoms with Gasteiger partial charge in [-0.3, -0.25) is 4.79 Å². The Morgan fingerprint density at radius 2 is 2.00 bits per heavy atom. The minimum absolute atomic E-state index is 0.0445. The van der Waals surface area contributed by atoms with Gasteiger partial charge in [0, 0.05) is 9.86 Å². The molecule has 0 amide bonds. The second-order valence-electron chi connectivity index (χ2n) is 4.77. The first-order valence-corrected chi connectivity index (χ1v) is 7.33. The fourth-order valence-electron chi connectivity index (χ4n) is 2.06. The summed E-state index contributed by atoms with van der Waals surface area (Å²) in [4.78, 5) is 12.2. The smallest absolute Gasteiger partial charge is 0.235 e. The lowest BCUT2D eigenvalue weighted by Crippen LogP contribution is -2.11. The molecule has 0 bridgehead atoms. The number of Topliss-reactive ketones (excluding diaryl/α,β-unsaturated/α-hetero) is 1. The number of fused-ring (bicyclic) bond motifs is 1. The van der Waals surface area contributed by atoms with Gasteiger partial charge >= 0.3 is 0 Å². The summed E-state index contributed by atoms with van der Waals surface area (Å²) in [5.74, 6) is 0.836. The topological polar surface area (TPSA) is 39.4 Å². The first kappa shape index (κ1) is 13.9. The van der Waals surface area contributed by atoms with Crippen molar-refractivity contribution >= 4 is 32.7 Å². The zero-order valence-corrected chi connectivity index (χ0v) is 13.0. The molecule has 1 aromatic heterocycles. The van der Waals surface area contributed by atoms with Gasteiger partial charge < -0.3 is 9.15 Å². The van der Waals surface area contributed by atoms with E-state index in [0.29, 0.717) is 17.1 Å². The van der Waals surface area contributed by atoms with Gasteiger partial charge in [-0.2, -0.15) is 0 Å². The maximum Gasteiger partial charge on any atom is 0.235 e. The van der Waals surface area contributed by atoms with Crippen LogP contribution >= 0.6 is 15.9 Å². The average molecular weight is 345 g/mol. The van der Waals surface area contributed by atoms with Crippen LogP contribution in [0.1, 0.15) is 16.1 Å². The largest absolute Gasteiger partial charge is 0.485 e. The van der Waals surface area contributed by atoms with Crippen LogP contribution in [-0.4, -0.2) is 12.4 Å². The fraction of sp³-hybridized carbons (Fsp3) is 0.118. The van der Waals surface area contributed by atoms with Crippen LogP contribution in [0.3, 0.4) is 0 Å². The number of carbonyl (C=O) groups is 1. The van der Waals surface area contributed by atoms with E-state index in [9.17, 15) is 4.79 Å². The SMILES string of the molecule is Cc1ccc(Br)cc1OCC(=O)c1cc2ccccc2o1. The predicted octanol–water partition coefficient (Wildman–Crippen LogP) is 4.77. The molecule has 0 radical (unpaired) electrons. The molecule has 0 aliphatic rings. The van der Waals surface area contributed by atoms with E-state index in [-0.39, 0.29) is 12.4 Å². The Labute approximate surface area is 130 Å². The zero-order chi connectivity index (χ0) is 14.8. The molecule has 3 nitrogen and oxygen atoms in total. The first-order valence-electron chi connectivity index (χ1n) is 6.54. The Morgan fingerprint density at radius 3 is 2.81 bits per heavy atom. The van der Waals surface area contributed by atoms with E-state index in [1.54, 1.807) is 6.07 Å². The van der Waals surface area contributed by atoms with E-state index in [2.05, 4.69) is 15.9 Å². The van der Waals surface area contributed by atoms with E-state index in [0.717, 1.165) is 15.4 Å². The maximum atomic E-state index is 12.2. The van der Waals surface area contributed by atoms with Crippen LogP contribution in [0.5, 0.6) is 5.75 Å². The van der Waals surface area contributed by atoms with Gasteiger partial charge in [-0.25, -0.2) is 0 Å². The third-order valence-corrected chi connectivity index (χ3v) is 3.70. The highest BCUT2D eigenvalue weighted by Gasteiger charge is 2.13. The second kappa shape index (κ2) is 5.74.